The minimum absolute atomic E-state index is 0.0876. The lowest BCUT2D eigenvalue weighted by atomic mass is 9.98. The van der Waals surface area contributed by atoms with Crippen LogP contribution in [0.1, 0.15) is 38.6 Å². The highest BCUT2D eigenvalue weighted by atomic mass is 32.2. The van der Waals surface area contributed by atoms with Crippen LogP contribution in [0.3, 0.4) is 0 Å². The molecule has 0 spiro atoms. The summed E-state index contributed by atoms with van der Waals surface area (Å²) in [6.45, 7) is 6.32. The van der Waals surface area contributed by atoms with Gasteiger partial charge in [0.2, 0.25) is 5.88 Å². The topological polar surface area (TPSA) is 98.0 Å². The van der Waals surface area contributed by atoms with Crippen molar-refractivity contribution in [2.45, 2.75) is 30.9 Å². The average Bonchev–Trinajstić information content (AvgIpc) is 2.64. The highest BCUT2D eigenvalue weighted by Crippen LogP contribution is 2.54. The van der Waals surface area contributed by atoms with Gasteiger partial charge in [0.05, 0.1) is 16.5 Å². The number of ether oxygens (including phenoxy) is 1. The van der Waals surface area contributed by atoms with Gasteiger partial charge >= 0.3 is 0 Å². The third kappa shape index (κ3) is 2.85. The van der Waals surface area contributed by atoms with Crippen LogP contribution in [-0.2, 0) is 0 Å². The van der Waals surface area contributed by atoms with E-state index in [2.05, 4.69) is 44.0 Å². The van der Waals surface area contributed by atoms with E-state index in [4.69, 9.17) is 16.2 Å². The van der Waals surface area contributed by atoms with E-state index in [9.17, 15) is 5.26 Å². The first kappa shape index (κ1) is 18.2. The summed E-state index contributed by atoms with van der Waals surface area (Å²) in [6.07, 6.45) is 0. The molecule has 0 amide bonds. The van der Waals surface area contributed by atoms with Crippen molar-refractivity contribution < 1.29 is 4.74 Å². The Labute approximate surface area is 168 Å². The first-order valence-electron chi connectivity index (χ1n) is 8.91. The van der Waals surface area contributed by atoms with E-state index in [0.29, 0.717) is 17.1 Å². The number of hydrogen-bond acceptors (Lipinski definition) is 6. The summed E-state index contributed by atoms with van der Waals surface area (Å²) in [4.78, 5) is 5.52. The van der Waals surface area contributed by atoms with Crippen molar-refractivity contribution in [1.29, 1.82) is 5.26 Å². The molecule has 0 saturated carbocycles. The molecule has 1 aliphatic heterocycles. The SMILES string of the molecule is Cc1cc(C)c(SC2c3ccccc3Oc3nc(N)c(C#N)c(N)c32)c(C)c1. The number of thioether (sulfide) groups is 1. The molecule has 2 heterocycles. The largest absolute Gasteiger partial charge is 0.438 e. The summed E-state index contributed by atoms with van der Waals surface area (Å²) in [6, 6.07) is 14.3. The van der Waals surface area contributed by atoms with Crippen LogP contribution in [0.4, 0.5) is 11.5 Å². The third-order valence-corrected chi connectivity index (χ3v) is 6.50. The summed E-state index contributed by atoms with van der Waals surface area (Å²) >= 11 is 1.70. The van der Waals surface area contributed by atoms with E-state index in [1.165, 1.54) is 21.6 Å². The monoisotopic (exact) mass is 388 g/mol. The summed E-state index contributed by atoms with van der Waals surface area (Å²) in [5.41, 5.74) is 18.2. The molecule has 1 unspecified atom stereocenters. The number of nitrogen functional groups attached to an aromatic ring is 2. The van der Waals surface area contributed by atoms with Crippen LogP contribution in [0.25, 0.3) is 0 Å². The fourth-order valence-electron chi connectivity index (χ4n) is 3.70. The van der Waals surface area contributed by atoms with Gasteiger partial charge in [-0.05, 0) is 38.0 Å². The molecule has 0 fully saturated rings. The number of rotatable bonds is 2. The second kappa shape index (κ2) is 6.77. The fourth-order valence-corrected chi connectivity index (χ4v) is 5.10. The van der Waals surface area contributed by atoms with Crippen molar-refractivity contribution in [3.05, 3.63) is 69.8 Å². The lowest BCUT2D eigenvalue weighted by molar-refractivity contribution is 0.441. The van der Waals surface area contributed by atoms with Crippen LogP contribution in [0.5, 0.6) is 11.6 Å². The number of benzene rings is 2. The minimum Gasteiger partial charge on any atom is -0.438 e. The van der Waals surface area contributed by atoms with Crippen LogP contribution in [-0.4, -0.2) is 4.98 Å². The molecule has 28 heavy (non-hydrogen) atoms. The predicted molar refractivity (Wildman–Crippen MR) is 113 cm³/mol. The van der Waals surface area contributed by atoms with Crippen molar-refractivity contribution in [1.82, 2.24) is 4.98 Å². The van der Waals surface area contributed by atoms with E-state index >= 15 is 0 Å². The molecule has 1 aromatic heterocycles. The van der Waals surface area contributed by atoms with Crippen LogP contribution in [0, 0.1) is 32.1 Å². The van der Waals surface area contributed by atoms with Crippen molar-refractivity contribution in [2.24, 2.45) is 0 Å². The van der Waals surface area contributed by atoms with Gasteiger partial charge in [-0.25, -0.2) is 0 Å². The summed E-state index contributed by atoms with van der Waals surface area (Å²) in [5.74, 6) is 1.18. The highest BCUT2D eigenvalue weighted by Gasteiger charge is 2.33. The van der Waals surface area contributed by atoms with E-state index in [-0.39, 0.29) is 16.6 Å². The average molecular weight is 388 g/mol. The van der Waals surface area contributed by atoms with E-state index in [0.717, 1.165) is 11.3 Å². The molecule has 3 aromatic rings. The van der Waals surface area contributed by atoms with E-state index in [1.54, 1.807) is 11.8 Å². The number of aryl methyl sites for hydroxylation is 3. The Balaban J connectivity index is 1.94. The molecule has 4 rings (SSSR count). The first-order chi connectivity index (χ1) is 13.4. The molecule has 140 valence electrons. The maximum atomic E-state index is 9.49. The zero-order valence-electron chi connectivity index (χ0n) is 15.9. The molecule has 0 aliphatic carbocycles. The molecule has 0 saturated heterocycles. The summed E-state index contributed by atoms with van der Waals surface area (Å²) in [7, 11) is 0. The molecule has 5 nitrogen and oxygen atoms in total. The lowest BCUT2D eigenvalue weighted by Crippen LogP contribution is -2.15. The number of nitriles is 1. The summed E-state index contributed by atoms with van der Waals surface area (Å²) < 4.78 is 5.99. The third-order valence-electron chi connectivity index (χ3n) is 4.89. The fraction of sp³-hybridized carbons (Fsp3) is 0.182. The quantitative estimate of drug-likeness (QED) is 0.639. The lowest BCUT2D eigenvalue weighted by Gasteiger charge is -2.29. The Morgan fingerprint density at radius 2 is 1.79 bits per heavy atom. The Morgan fingerprint density at radius 3 is 2.46 bits per heavy atom. The normalized spacial score (nSPS) is 14.6. The van der Waals surface area contributed by atoms with Crippen molar-refractivity contribution >= 4 is 23.3 Å². The van der Waals surface area contributed by atoms with Gasteiger partial charge in [0.25, 0.3) is 0 Å². The second-order valence-corrected chi connectivity index (χ2v) is 8.10. The Morgan fingerprint density at radius 1 is 1.11 bits per heavy atom. The highest BCUT2D eigenvalue weighted by molar-refractivity contribution is 7.99. The number of fused-ring (bicyclic) bond motifs is 2. The number of pyridine rings is 1. The number of nitrogens with two attached hydrogens (primary N) is 2. The predicted octanol–water partition coefficient (Wildman–Crippen LogP) is 5.03. The van der Waals surface area contributed by atoms with Gasteiger partial charge in [-0.3, -0.25) is 0 Å². The Bertz CT molecular complexity index is 1130. The Hall–Kier alpha value is -3.17. The van der Waals surface area contributed by atoms with Crippen LogP contribution in [0.15, 0.2) is 41.3 Å². The smallest absolute Gasteiger partial charge is 0.228 e. The maximum absolute atomic E-state index is 9.49. The van der Waals surface area contributed by atoms with Crippen molar-refractivity contribution in [3.8, 4) is 17.7 Å². The van der Waals surface area contributed by atoms with Crippen LogP contribution >= 0.6 is 11.8 Å². The van der Waals surface area contributed by atoms with Crippen LogP contribution in [0.2, 0.25) is 0 Å². The van der Waals surface area contributed by atoms with Gasteiger partial charge in [-0.2, -0.15) is 10.2 Å². The zero-order valence-corrected chi connectivity index (χ0v) is 16.7. The molecule has 2 aromatic carbocycles. The van der Waals surface area contributed by atoms with Gasteiger partial charge in [-0.15, -0.1) is 11.8 Å². The van der Waals surface area contributed by atoms with Crippen LogP contribution < -0.4 is 16.2 Å². The molecule has 1 atom stereocenters. The molecule has 4 N–H and O–H groups in total. The van der Waals surface area contributed by atoms with Gasteiger partial charge in [0.1, 0.15) is 23.2 Å². The molecule has 1 aliphatic rings. The van der Waals surface area contributed by atoms with E-state index < -0.39 is 0 Å². The van der Waals surface area contributed by atoms with E-state index in [1.807, 2.05) is 24.3 Å². The number of nitrogens with zero attached hydrogens (tertiary/aromatic N) is 2. The number of para-hydroxylation sites is 1. The number of aromatic nitrogens is 1. The minimum atomic E-state index is -0.153. The van der Waals surface area contributed by atoms with Crippen molar-refractivity contribution in [3.63, 3.8) is 0 Å². The maximum Gasteiger partial charge on any atom is 0.228 e. The number of anilines is 2. The van der Waals surface area contributed by atoms with Gasteiger partial charge in [0, 0.05) is 10.5 Å². The molecule has 0 radical (unpaired) electrons. The molecular formula is C22H20N4OS. The Kier molecular flexibility index (Phi) is 4.40. The molecular weight excluding hydrogens is 368 g/mol. The molecule has 0 bridgehead atoms. The zero-order chi connectivity index (χ0) is 20.0. The van der Waals surface area contributed by atoms with Gasteiger partial charge in [0.15, 0.2) is 0 Å². The number of hydrogen-bond donors (Lipinski definition) is 2. The van der Waals surface area contributed by atoms with Crippen molar-refractivity contribution in [2.75, 3.05) is 11.5 Å². The van der Waals surface area contributed by atoms with Gasteiger partial charge in [-0.1, -0.05) is 35.9 Å². The first-order valence-corrected chi connectivity index (χ1v) is 9.79. The molecule has 6 heteroatoms. The standard InChI is InChI=1S/C22H20N4OS/c1-11-8-12(2)19(13(3)9-11)28-20-14-6-4-5-7-16(14)27-22-17(20)18(24)15(10-23)21(25)26-22/h4-9,20H,1-3H3,(H4,24,25,26). The summed E-state index contributed by atoms with van der Waals surface area (Å²) in [5, 5.41) is 9.34. The van der Waals surface area contributed by atoms with Gasteiger partial charge < -0.3 is 16.2 Å². The second-order valence-electron chi connectivity index (χ2n) is 6.98.